The van der Waals surface area contributed by atoms with E-state index in [1.54, 1.807) is 7.11 Å². The Morgan fingerprint density at radius 2 is 1.58 bits per heavy atom. The average molecular weight is 353 g/mol. The van der Waals surface area contributed by atoms with Crippen LogP contribution in [0.5, 0.6) is 0 Å². The van der Waals surface area contributed by atoms with Gasteiger partial charge in [0, 0.05) is 13.0 Å². The van der Waals surface area contributed by atoms with E-state index in [1.807, 2.05) is 38.1 Å². The van der Waals surface area contributed by atoms with Gasteiger partial charge in [-0.05, 0) is 36.3 Å². The fraction of sp³-hybridized carbons (Fsp3) is 0.417. The highest BCUT2D eigenvalue weighted by Gasteiger charge is 2.27. The van der Waals surface area contributed by atoms with E-state index in [2.05, 4.69) is 43.0 Å². The van der Waals surface area contributed by atoms with Crippen LogP contribution < -0.4 is 0 Å². The van der Waals surface area contributed by atoms with Crippen LogP contribution in [0.3, 0.4) is 0 Å². The van der Waals surface area contributed by atoms with Crippen molar-refractivity contribution in [2.75, 3.05) is 7.11 Å². The molecule has 2 aromatic rings. The molecule has 0 aliphatic heterocycles. The lowest BCUT2D eigenvalue weighted by atomic mass is 9.81. The molecule has 2 heteroatoms. The van der Waals surface area contributed by atoms with Crippen LogP contribution >= 0.6 is 0 Å². The van der Waals surface area contributed by atoms with E-state index in [1.165, 1.54) is 5.56 Å². The van der Waals surface area contributed by atoms with Crippen molar-refractivity contribution >= 4 is 0 Å². The monoisotopic (exact) mass is 352 g/mol. The molecule has 0 amide bonds. The van der Waals surface area contributed by atoms with Crippen molar-refractivity contribution in [3.63, 3.8) is 0 Å². The zero-order valence-corrected chi connectivity index (χ0v) is 16.3. The molecule has 26 heavy (non-hydrogen) atoms. The summed E-state index contributed by atoms with van der Waals surface area (Å²) in [5.41, 5.74) is 3.55. The van der Waals surface area contributed by atoms with Crippen LogP contribution in [0.2, 0.25) is 0 Å². The number of methoxy groups -OCH3 is 1. The molecule has 1 N–H and O–H groups in total. The second kappa shape index (κ2) is 10.3. The lowest BCUT2D eigenvalue weighted by Gasteiger charge is -2.30. The molecule has 0 spiro atoms. The number of rotatable bonds is 10. The van der Waals surface area contributed by atoms with Gasteiger partial charge in [-0.2, -0.15) is 0 Å². The molecule has 0 heterocycles. The summed E-state index contributed by atoms with van der Waals surface area (Å²) in [6.07, 6.45) is 2.11. The maximum Gasteiger partial charge on any atom is 0.0886 e. The van der Waals surface area contributed by atoms with Gasteiger partial charge in [0.05, 0.1) is 12.2 Å². The molecule has 0 saturated heterocycles. The van der Waals surface area contributed by atoms with Gasteiger partial charge in [0.2, 0.25) is 0 Å². The molecular weight excluding hydrogens is 320 g/mol. The maximum absolute atomic E-state index is 10.4. The fourth-order valence-electron chi connectivity index (χ4n) is 3.37. The van der Waals surface area contributed by atoms with Crippen LogP contribution in [0.4, 0.5) is 0 Å². The van der Waals surface area contributed by atoms with Crippen LogP contribution in [0.1, 0.15) is 43.9 Å². The molecule has 2 nitrogen and oxygen atoms in total. The average Bonchev–Trinajstić information content (AvgIpc) is 2.66. The number of aryl methyl sites for hydroxylation is 1. The van der Waals surface area contributed by atoms with Gasteiger partial charge in [0.25, 0.3) is 0 Å². The van der Waals surface area contributed by atoms with Crippen molar-refractivity contribution in [3.05, 3.63) is 83.9 Å². The highest BCUT2D eigenvalue weighted by atomic mass is 16.5. The summed E-state index contributed by atoms with van der Waals surface area (Å²) in [5.74, 6) is 0.384. The molecule has 0 bridgehead atoms. The first-order valence-electron chi connectivity index (χ1n) is 9.50. The molecule has 2 rings (SSSR count). The lowest BCUT2D eigenvalue weighted by molar-refractivity contribution is 0.0541. The van der Waals surface area contributed by atoms with E-state index in [9.17, 15) is 5.11 Å². The van der Waals surface area contributed by atoms with E-state index in [0.29, 0.717) is 6.42 Å². The molecule has 0 saturated carbocycles. The first kappa shape index (κ1) is 20.4. The van der Waals surface area contributed by atoms with Gasteiger partial charge in [-0.1, -0.05) is 86.7 Å². The van der Waals surface area contributed by atoms with Crippen LogP contribution in [0.25, 0.3) is 0 Å². The summed E-state index contributed by atoms with van der Waals surface area (Å²) in [7, 11) is 1.76. The Bertz CT molecular complexity index is 648. The molecule has 0 unspecified atom stereocenters. The third-order valence-electron chi connectivity index (χ3n) is 5.10. The van der Waals surface area contributed by atoms with Gasteiger partial charge in [-0.3, -0.25) is 0 Å². The van der Waals surface area contributed by atoms with Crippen molar-refractivity contribution in [2.45, 2.75) is 45.3 Å². The van der Waals surface area contributed by atoms with Crippen molar-refractivity contribution in [1.29, 1.82) is 0 Å². The summed E-state index contributed by atoms with van der Waals surface area (Å²) < 4.78 is 5.91. The molecule has 0 fully saturated rings. The zero-order chi connectivity index (χ0) is 18.9. The maximum atomic E-state index is 10.4. The van der Waals surface area contributed by atoms with Gasteiger partial charge in [0.1, 0.15) is 0 Å². The smallest absolute Gasteiger partial charge is 0.0886 e. The Kier molecular flexibility index (Phi) is 8.08. The van der Waals surface area contributed by atoms with Crippen LogP contribution in [0.15, 0.2) is 72.8 Å². The van der Waals surface area contributed by atoms with E-state index in [-0.39, 0.29) is 24.0 Å². The molecule has 0 aromatic heterocycles. The first-order valence-corrected chi connectivity index (χ1v) is 9.50. The highest BCUT2D eigenvalue weighted by molar-refractivity contribution is 5.23. The molecule has 3 atom stereocenters. The number of ether oxygens (including phenoxy) is 1. The first-order chi connectivity index (χ1) is 12.5. The number of aliphatic hydroxyl groups is 1. The third kappa shape index (κ3) is 5.82. The van der Waals surface area contributed by atoms with Gasteiger partial charge in [-0.25, -0.2) is 0 Å². The van der Waals surface area contributed by atoms with Gasteiger partial charge < -0.3 is 9.84 Å². The van der Waals surface area contributed by atoms with Crippen LogP contribution in [-0.4, -0.2) is 18.3 Å². The van der Waals surface area contributed by atoms with Crippen LogP contribution in [-0.2, 0) is 11.2 Å². The van der Waals surface area contributed by atoms with Crippen molar-refractivity contribution in [3.8, 4) is 0 Å². The quantitative estimate of drug-likeness (QED) is 0.565. The molecule has 0 aliphatic carbocycles. The number of benzene rings is 2. The SMILES string of the molecule is C=C(C[C@@H](O)C(C)C)[C@H](CCc1ccccc1)[C@@H](OC)c1ccccc1. The normalized spacial score (nSPS) is 14.8. The van der Waals surface area contributed by atoms with Crippen molar-refractivity contribution in [1.82, 2.24) is 0 Å². The Balaban J connectivity index is 2.20. The Labute approximate surface area is 158 Å². The number of hydrogen-bond donors (Lipinski definition) is 1. The topological polar surface area (TPSA) is 29.5 Å². The summed E-state index contributed by atoms with van der Waals surface area (Å²) in [6.45, 7) is 8.43. The van der Waals surface area contributed by atoms with Crippen LogP contribution in [0, 0.1) is 11.8 Å². The zero-order valence-electron chi connectivity index (χ0n) is 16.3. The molecule has 0 aliphatic rings. The van der Waals surface area contributed by atoms with Gasteiger partial charge >= 0.3 is 0 Å². The summed E-state index contributed by atoms with van der Waals surface area (Å²) in [5, 5.41) is 10.4. The van der Waals surface area contributed by atoms with Gasteiger partial charge in [-0.15, -0.1) is 0 Å². The molecule has 0 radical (unpaired) electrons. The Morgan fingerprint density at radius 1 is 1.00 bits per heavy atom. The predicted molar refractivity (Wildman–Crippen MR) is 109 cm³/mol. The minimum Gasteiger partial charge on any atom is -0.393 e. The fourth-order valence-corrected chi connectivity index (χ4v) is 3.37. The number of aliphatic hydroxyl groups excluding tert-OH is 1. The second-order valence-electron chi connectivity index (χ2n) is 7.37. The molecular formula is C24H32O2. The lowest BCUT2D eigenvalue weighted by Crippen LogP contribution is -2.23. The van der Waals surface area contributed by atoms with E-state index >= 15 is 0 Å². The van der Waals surface area contributed by atoms with Crippen molar-refractivity contribution < 1.29 is 9.84 Å². The molecule has 140 valence electrons. The Morgan fingerprint density at radius 3 is 2.12 bits per heavy atom. The third-order valence-corrected chi connectivity index (χ3v) is 5.10. The van der Waals surface area contributed by atoms with E-state index in [0.717, 1.165) is 24.0 Å². The standard InChI is InChI=1S/C24H32O2/c1-18(2)23(25)17-19(3)22(16-15-20-11-7-5-8-12-20)24(26-4)21-13-9-6-10-14-21/h5-14,18,22-25H,3,15-17H2,1-2,4H3/t22-,23+,24-/m0/s1. The van der Waals surface area contributed by atoms with E-state index in [4.69, 9.17) is 4.74 Å². The minimum atomic E-state index is -0.366. The Hall–Kier alpha value is -1.90. The summed E-state index contributed by atoms with van der Waals surface area (Å²) in [4.78, 5) is 0. The van der Waals surface area contributed by atoms with Crippen molar-refractivity contribution in [2.24, 2.45) is 11.8 Å². The van der Waals surface area contributed by atoms with Gasteiger partial charge in [0.15, 0.2) is 0 Å². The second-order valence-corrected chi connectivity index (χ2v) is 7.37. The minimum absolute atomic E-state index is 0.0493. The number of hydrogen-bond acceptors (Lipinski definition) is 2. The highest BCUT2D eigenvalue weighted by Crippen LogP contribution is 2.36. The molecule has 2 aromatic carbocycles. The largest absolute Gasteiger partial charge is 0.393 e. The predicted octanol–water partition coefficient (Wildman–Crippen LogP) is 5.59. The van der Waals surface area contributed by atoms with E-state index < -0.39 is 0 Å². The summed E-state index contributed by atoms with van der Waals surface area (Å²) >= 11 is 0. The summed E-state index contributed by atoms with van der Waals surface area (Å²) in [6, 6.07) is 20.8.